The van der Waals surface area contributed by atoms with Crippen molar-refractivity contribution in [3.63, 3.8) is 0 Å². The van der Waals surface area contributed by atoms with E-state index in [1.807, 2.05) is 23.1 Å². The highest BCUT2D eigenvalue weighted by molar-refractivity contribution is 5.93. The van der Waals surface area contributed by atoms with Crippen LogP contribution in [0, 0.1) is 0 Å². The van der Waals surface area contributed by atoms with E-state index in [2.05, 4.69) is 16.3 Å². The van der Waals surface area contributed by atoms with Gasteiger partial charge in [-0.1, -0.05) is 18.2 Å². The molecule has 0 radical (unpaired) electrons. The van der Waals surface area contributed by atoms with Crippen molar-refractivity contribution in [2.75, 3.05) is 50.8 Å². The second-order valence-corrected chi connectivity index (χ2v) is 5.57. The first-order chi connectivity index (χ1) is 10.3. The standard InChI is InChI=1S/C16H23N3O2/c20-16(17-7-9-18-10-12-21-13-11-18)19-8-3-5-14-4-1-2-6-15(14)19/h1-2,4,6H,3,5,7-13H2,(H,17,20). The Morgan fingerprint density at radius 2 is 2.00 bits per heavy atom. The summed E-state index contributed by atoms with van der Waals surface area (Å²) in [5.41, 5.74) is 2.33. The zero-order valence-electron chi connectivity index (χ0n) is 12.4. The van der Waals surface area contributed by atoms with Gasteiger partial charge in [-0.25, -0.2) is 4.79 Å². The lowest BCUT2D eigenvalue weighted by molar-refractivity contribution is 0.0387. The van der Waals surface area contributed by atoms with Crippen molar-refractivity contribution in [1.82, 2.24) is 10.2 Å². The maximum Gasteiger partial charge on any atom is 0.321 e. The third kappa shape index (κ3) is 3.54. The van der Waals surface area contributed by atoms with Crippen LogP contribution in [0.1, 0.15) is 12.0 Å². The molecule has 2 aliphatic rings. The average molecular weight is 289 g/mol. The lowest BCUT2D eigenvalue weighted by Crippen LogP contribution is -2.46. The molecule has 2 heterocycles. The smallest absolute Gasteiger partial charge is 0.321 e. The molecule has 1 aromatic rings. The number of benzene rings is 1. The molecule has 5 heteroatoms. The number of anilines is 1. The third-order valence-electron chi connectivity index (χ3n) is 4.16. The van der Waals surface area contributed by atoms with Crippen LogP contribution in [0.3, 0.4) is 0 Å². The minimum absolute atomic E-state index is 0.0235. The second kappa shape index (κ2) is 6.91. The van der Waals surface area contributed by atoms with E-state index in [4.69, 9.17) is 4.74 Å². The third-order valence-corrected chi connectivity index (χ3v) is 4.16. The van der Waals surface area contributed by atoms with Crippen LogP contribution in [0.5, 0.6) is 0 Å². The fourth-order valence-corrected chi connectivity index (χ4v) is 2.99. The molecule has 0 saturated carbocycles. The average Bonchev–Trinajstić information content (AvgIpc) is 2.55. The van der Waals surface area contributed by atoms with Gasteiger partial charge in [0.1, 0.15) is 0 Å². The normalized spacial score (nSPS) is 19.1. The van der Waals surface area contributed by atoms with Crippen molar-refractivity contribution < 1.29 is 9.53 Å². The van der Waals surface area contributed by atoms with Crippen LogP contribution in [-0.4, -0.2) is 56.9 Å². The van der Waals surface area contributed by atoms with Crippen LogP contribution >= 0.6 is 0 Å². The monoisotopic (exact) mass is 289 g/mol. The summed E-state index contributed by atoms with van der Waals surface area (Å²) in [7, 11) is 0. The van der Waals surface area contributed by atoms with Crippen LogP contribution in [-0.2, 0) is 11.2 Å². The number of carbonyl (C=O) groups is 1. The minimum Gasteiger partial charge on any atom is -0.379 e. The van der Waals surface area contributed by atoms with Gasteiger partial charge in [-0.2, -0.15) is 0 Å². The summed E-state index contributed by atoms with van der Waals surface area (Å²) in [5.74, 6) is 0. The van der Waals surface area contributed by atoms with Gasteiger partial charge in [-0.3, -0.25) is 9.80 Å². The number of para-hydroxylation sites is 1. The summed E-state index contributed by atoms with van der Waals surface area (Å²) >= 11 is 0. The molecule has 1 N–H and O–H groups in total. The first kappa shape index (κ1) is 14.4. The van der Waals surface area contributed by atoms with Gasteiger partial charge in [0.05, 0.1) is 13.2 Å². The molecule has 1 fully saturated rings. The number of rotatable bonds is 3. The summed E-state index contributed by atoms with van der Waals surface area (Å²) in [6.07, 6.45) is 2.10. The molecular weight excluding hydrogens is 266 g/mol. The highest BCUT2D eigenvalue weighted by Gasteiger charge is 2.21. The molecule has 0 atom stereocenters. The van der Waals surface area contributed by atoms with E-state index in [1.165, 1.54) is 5.56 Å². The van der Waals surface area contributed by atoms with Crippen LogP contribution in [0.2, 0.25) is 0 Å². The predicted molar refractivity (Wildman–Crippen MR) is 82.8 cm³/mol. The number of nitrogens with zero attached hydrogens (tertiary/aromatic N) is 2. The quantitative estimate of drug-likeness (QED) is 0.917. The number of hydrogen-bond donors (Lipinski definition) is 1. The van der Waals surface area contributed by atoms with Crippen LogP contribution in [0.25, 0.3) is 0 Å². The Bertz CT molecular complexity index is 486. The Hall–Kier alpha value is -1.59. The number of aryl methyl sites for hydroxylation is 1. The van der Waals surface area contributed by atoms with Gasteiger partial charge in [-0.15, -0.1) is 0 Å². The van der Waals surface area contributed by atoms with E-state index in [0.29, 0.717) is 6.54 Å². The molecule has 1 saturated heterocycles. The van der Waals surface area contributed by atoms with Crippen molar-refractivity contribution >= 4 is 11.7 Å². The lowest BCUT2D eigenvalue weighted by Gasteiger charge is -2.30. The van der Waals surface area contributed by atoms with E-state index < -0.39 is 0 Å². The van der Waals surface area contributed by atoms with Gasteiger partial charge in [0.2, 0.25) is 0 Å². The number of morpholine rings is 1. The maximum absolute atomic E-state index is 12.4. The van der Waals surface area contributed by atoms with E-state index >= 15 is 0 Å². The van der Waals surface area contributed by atoms with Crippen molar-refractivity contribution in [2.24, 2.45) is 0 Å². The fourth-order valence-electron chi connectivity index (χ4n) is 2.99. The molecule has 0 aliphatic carbocycles. The predicted octanol–water partition coefficient (Wildman–Crippen LogP) is 1.48. The largest absolute Gasteiger partial charge is 0.379 e. The molecule has 0 aromatic heterocycles. The molecule has 21 heavy (non-hydrogen) atoms. The Morgan fingerprint density at radius 1 is 1.19 bits per heavy atom. The lowest BCUT2D eigenvalue weighted by atomic mass is 10.0. The SMILES string of the molecule is O=C(NCCN1CCOCC1)N1CCCc2ccccc21. The first-order valence-electron chi connectivity index (χ1n) is 7.78. The summed E-state index contributed by atoms with van der Waals surface area (Å²) in [6.45, 7) is 5.91. The summed E-state index contributed by atoms with van der Waals surface area (Å²) in [6, 6.07) is 8.21. The van der Waals surface area contributed by atoms with Gasteiger partial charge in [0, 0.05) is 38.4 Å². The van der Waals surface area contributed by atoms with Crippen molar-refractivity contribution in [2.45, 2.75) is 12.8 Å². The Labute approximate surface area is 125 Å². The maximum atomic E-state index is 12.4. The van der Waals surface area contributed by atoms with Crippen LogP contribution < -0.4 is 10.2 Å². The van der Waals surface area contributed by atoms with Gasteiger partial charge in [0.25, 0.3) is 0 Å². The number of nitrogens with one attached hydrogen (secondary N) is 1. The number of hydrogen-bond acceptors (Lipinski definition) is 3. The molecule has 0 bridgehead atoms. The summed E-state index contributed by atoms with van der Waals surface area (Å²) in [5, 5.41) is 3.05. The summed E-state index contributed by atoms with van der Waals surface area (Å²) in [4.78, 5) is 16.6. The molecule has 0 spiro atoms. The zero-order chi connectivity index (χ0) is 14.5. The number of ether oxygens (including phenoxy) is 1. The van der Waals surface area contributed by atoms with Crippen molar-refractivity contribution in [3.05, 3.63) is 29.8 Å². The van der Waals surface area contributed by atoms with E-state index in [1.54, 1.807) is 0 Å². The minimum atomic E-state index is 0.0235. The molecular formula is C16H23N3O2. The van der Waals surface area contributed by atoms with E-state index in [-0.39, 0.29) is 6.03 Å². The highest BCUT2D eigenvalue weighted by Crippen LogP contribution is 2.26. The van der Waals surface area contributed by atoms with Crippen molar-refractivity contribution in [1.29, 1.82) is 0 Å². The molecule has 114 valence electrons. The molecule has 0 unspecified atom stereocenters. The number of amides is 2. The molecule has 5 nitrogen and oxygen atoms in total. The number of fused-ring (bicyclic) bond motifs is 1. The van der Waals surface area contributed by atoms with Crippen molar-refractivity contribution in [3.8, 4) is 0 Å². The highest BCUT2D eigenvalue weighted by atomic mass is 16.5. The zero-order valence-corrected chi connectivity index (χ0v) is 12.4. The van der Waals surface area contributed by atoms with E-state index in [9.17, 15) is 4.79 Å². The Kier molecular flexibility index (Phi) is 4.72. The van der Waals surface area contributed by atoms with Gasteiger partial charge in [0.15, 0.2) is 0 Å². The molecule has 2 amide bonds. The molecule has 2 aliphatic heterocycles. The number of urea groups is 1. The Morgan fingerprint density at radius 3 is 2.86 bits per heavy atom. The first-order valence-corrected chi connectivity index (χ1v) is 7.78. The van der Waals surface area contributed by atoms with Gasteiger partial charge in [-0.05, 0) is 24.5 Å². The number of carbonyl (C=O) groups excluding carboxylic acids is 1. The molecule has 3 rings (SSSR count). The van der Waals surface area contributed by atoms with Crippen LogP contribution in [0.15, 0.2) is 24.3 Å². The topological polar surface area (TPSA) is 44.8 Å². The van der Waals surface area contributed by atoms with Crippen LogP contribution in [0.4, 0.5) is 10.5 Å². The fraction of sp³-hybridized carbons (Fsp3) is 0.562. The summed E-state index contributed by atoms with van der Waals surface area (Å²) < 4.78 is 5.32. The Balaban J connectivity index is 1.51. The molecule has 1 aromatic carbocycles. The van der Waals surface area contributed by atoms with Gasteiger partial charge >= 0.3 is 6.03 Å². The second-order valence-electron chi connectivity index (χ2n) is 5.57. The van der Waals surface area contributed by atoms with E-state index in [0.717, 1.165) is 57.9 Å². The van der Waals surface area contributed by atoms with Gasteiger partial charge < -0.3 is 10.1 Å².